The van der Waals surface area contributed by atoms with E-state index >= 15 is 0 Å². The summed E-state index contributed by atoms with van der Waals surface area (Å²) >= 11 is 3.39. The van der Waals surface area contributed by atoms with Gasteiger partial charge in [0.15, 0.2) is 11.5 Å². The standard InChI is InChI=1S/C23H18BrN3O5/c24-15-7-8-18-17(11-15)23(30,27(22(29)26-18)16-4-2-1-3-5-16)21(28)25-12-14-6-9-19-20(10-14)32-13-31-19/h1-11,30H,12-13H2,(H,25,28)(H,26,29). The molecule has 162 valence electrons. The second kappa shape index (κ2) is 7.85. The van der Waals surface area contributed by atoms with Gasteiger partial charge in [-0.3, -0.25) is 9.69 Å². The molecule has 3 N–H and O–H groups in total. The molecule has 3 aromatic carbocycles. The number of aliphatic hydroxyl groups is 1. The number of fused-ring (bicyclic) bond motifs is 2. The number of amides is 3. The summed E-state index contributed by atoms with van der Waals surface area (Å²) in [6.07, 6.45) is 0. The fourth-order valence-electron chi connectivity index (χ4n) is 3.81. The van der Waals surface area contributed by atoms with Crippen LogP contribution in [0, 0.1) is 0 Å². The SMILES string of the molecule is O=C1Nc2ccc(Br)cc2C(O)(C(=O)NCc2ccc3c(c2)OCO3)N1c1ccccc1. The van der Waals surface area contributed by atoms with Gasteiger partial charge in [0.2, 0.25) is 6.79 Å². The number of nitrogens with zero attached hydrogens (tertiary/aromatic N) is 1. The molecule has 3 aromatic rings. The molecule has 8 nitrogen and oxygen atoms in total. The topological polar surface area (TPSA) is 100 Å². The summed E-state index contributed by atoms with van der Waals surface area (Å²) in [5.41, 5.74) is -0.549. The second-order valence-corrected chi connectivity index (χ2v) is 8.25. The number of hydrogen-bond acceptors (Lipinski definition) is 5. The predicted octanol–water partition coefficient (Wildman–Crippen LogP) is 3.69. The smallest absolute Gasteiger partial charge is 0.329 e. The van der Waals surface area contributed by atoms with Crippen LogP contribution in [0.3, 0.4) is 0 Å². The quantitative estimate of drug-likeness (QED) is 0.512. The van der Waals surface area contributed by atoms with E-state index in [9.17, 15) is 14.7 Å². The Kier molecular flexibility index (Phi) is 4.99. The van der Waals surface area contributed by atoms with Crippen LogP contribution in [0.5, 0.6) is 11.5 Å². The number of hydrogen-bond donors (Lipinski definition) is 3. The zero-order valence-corrected chi connectivity index (χ0v) is 18.3. The molecule has 32 heavy (non-hydrogen) atoms. The molecular formula is C23H18BrN3O5. The van der Waals surface area contributed by atoms with Crippen molar-refractivity contribution in [3.05, 3.63) is 82.3 Å². The maximum absolute atomic E-state index is 13.5. The number of para-hydroxylation sites is 1. The number of anilines is 2. The normalized spacial score (nSPS) is 18.7. The Morgan fingerprint density at radius 3 is 2.69 bits per heavy atom. The summed E-state index contributed by atoms with van der Waals surface area (Å²) < 4.78 is 11.3. The van der Waals surface area contributed by atoms with Crippen LogP contribution < -0.4 is 25.0 Å². The van der Waals surface area contributed by atoms with Crippen molar-refractivity contribution < 1.29 is 24.2 Å². The zero-order chi connectivity index (χ0) is 22.3. The lowest BCUT2D eigenvalue weighted by Crippen LogP contribution is -2.62. The first kappa shape index (κ1) is 20.3. The fraction of sp³-hybridized carbons (Fsp3) is 0.130. The lowest BCUT2D eigenvalue weighted by Gasteiger charge is -2.42. The van der Waals surface area contributed by atoms with Crippen LogP contribution >= 0.6 is 15.9 Å². The zero-order valence-electron chi connectivity index (χ0n) is 16.7. The molecule has 0 spiro atoms. The number of carbonyl (C=O) groups is 2. The third kappa shape index (κ3) is 3.35. The van der Waals surface area contributed by atoms with Crippen molar-refractivity contribution >= 4 is 39.2 Å². The molecule has 2 aliphatic rings. The van der Waals surface area contributed by atoms with Crippen molar-refractivity contribution in [2.45, 2.75) is 12.3 Å². The van der Waals surface area contributed by atoms with Gasteiger partial charge < -0.3 is 25.2 Å². The van der Waals surface area contributed by atoms with Crippen molar-refractivity contribution in [3.8, 4) is 11.5 Å². The van der Waals surface area contributed by atoms with Crippen molar-refractivity contribution in [3.63, 3.8) is 0 Å². The average molecular weight is 496 g/mol. The molecule has 3 amide bonds. The van der Waals surface area contributed by atoms with E-state index in [1.165, 1.54) is 0 Å². The van der Waals surface area contributed by atoms with Crippen LogP contribution in [0.15, 0.2) is 71.2 Å². The number of urea groups is 1. The van der Waals surface area contributed by atoms with Gasteiger partial charge in [0.05, 0.1) is 5.69 Å². The molecule has 0 aromatic heterocycles. The van der Waals surface area contributed by atoms with Gasteiger partial charge in [-0.2, -0.15) is 0 Å². The summed E-state index contributed by atoms with van der Waals surface area (Å²) in [4.78, 5) is 27.5. The Balaban J connectivity index is 1.52. The summed E-state index contributed by atoms with van der Waals surface area (Å²) in [5.74, 6) is 0.484. The maximum atomic E-state index is 13.5. The highest BCUT2D eigenvalue weighted by Gasteiger charge is 2.52. The first-order chi connectivity index (χ1) is 15.5. The Morgan fingerprint density at radius 2 is 1.88 bits per heavy atom. The Bertz CT molecular complexity index is 1220. The van der Waals surface area contributed by atoms with Gasteiger partial charge in [-0.15, -0.1) is 0 Å². The van der Waals surface area contributed by atoms with E-state index < -0.39 is 17.7 Å². The average Bonchev–Trinajstić information content (AvgIpc) is 3.27. The molecule has 5 rings (SSSR count). The van der Waals surface area contributed by atoms with Crippen LogP contribution in [0.1, 0.15) is 11.1 Å². The highest BCUT2D eigenvalue weighted by atomic mass is 79.9. The fourth-order valence-corrected chi connectivity index (χ4v) is 4.18. The maximum Gasteiger partial charge on any atom is 0.329 e. The van der Waals surface area contributed by atoms with Gasteiger partial charge in [0.25, 0.3) is 11.6 Å². The molecule has 0 saturated heterocycles. The third-order valence-electron chi connectivity index (χ3n) is 5.35. The van der Waals surface area contributed by atoms with Gasteiger partial charge in [-0.05, 0) is 48.0 Å². The van der Waals surface area contributed by atoms with E-state index in [4.69, 9.17) is 9.47 Å². The number of rotatable bonds is 4. The van der Waals surface area contributed by atoms with E-state index in [1.54, 1.807) is 66.7 Å². The summed E-state index contributed by atoms with van der Waals surface area (Å²) in [5, 5.41) is 17.3. The molecule has 2 heterocycles. The van der Waals surface area contributed by atoms with Crippen molar-refractivity contribution in [2.24, 2.45) is 0 Å². The summed E-state index contributed by atoms with van der Waals surface area (Å²) in [7, 11) is 0. The Hall–Kier alpha value is -3.56. The molecule has 0 bridgehead atoms. The van der Waals surface area contributed by atoms with Gasteiger partial charge in [-0.1, -0.05) is 40.2 Å². The van der Waals surface area contributed by atoms with E-state index in [-0.39, 0.29) is 18.9 Å². The van der Waals surface area contributed by atoms with Gasteiger partial charge in [0, 0.05) is 22.3 Å². The molecule has 0 radical (unpaired) electrons. The van der Waals surface area contributed by atoms with Crippen LogP contribution in [-0.4, -0.2) is 23.8 Å². The van der Waals surface area contributed by atoms with Crippen LogP contribution in [0.4, 0.5) is 16.2 Å². The van der Waals surface area contributed by atoms with Gasteiger partial charge in [0.1, 0.15) is 0 Å². The number of carbonyl (C=O) groups excluding carboxylic acids is 2. The number of halogens is 1. The minimum Gasteiger partial charge on any atom is -0.454 e. The minimum atomic E-state index is -2.28. The Labute approximate surface area is 191 Å². The molecule has 0 fully saturated rings. The van der Waals surface area contributed by atoms with Gasteiger partial charge in [-0.25, -0.2) is 4.79 Å². The second-order valence-electron chi connectivity index (χ2n) is 7.33. The highest BCUT2D eigenvalue weighted by Crippen LogP contribution is 2.41. The summed E-state index contributed by atoms with van der Waals surface area (Å²) in [6, 6.07) is 18.2. The van der Waals surface area contributed by atoms with E-state index in [2.05, 4.69) is 26.6 Å². The van der Waals surface area contributed by atoms with Crippen molar-refractivity contribution in [2.75, 3.05) is 17.0 Å². The predicted molar refractivity (Wildman–Crippen MR) is 120 cm³/mol. The first-order valence-electron chi connectivity index (χ1n) is 9.82. The van der Waals surface area contributed by atoms with Crippen LogP contribution in [-0.2, 0) is 17.1 Å². The molecule has 0 aliphatic carbocycles. The monoisotopic (exact) mass is 495 g/mol. The third-order valence-corrected chi connectivity index (χ3v) is 5.84. The van der Waals surface area contributed by atoms with E-state index in [0.717, 1.165) is 10.5 Å². The lowest BCUT2D eigenvalue weighted by atomic mass is 9.94. The molecule has 1 unspecified atom stereocenters. The van der Waals surface area contributed by atoms with E-state index in [1.807, 2.05) is 0 Å². The molecule has 9 heteroatoms. The highest BCUT2D eigenvalue weighted by molar-refractivity contribution is 9.10. The Morgan fingerprint density at radius 1 is 1.09 bits per heavy atom. The minimum absolute atomic E-state index is 0.116. The molecule has 1 atom stereocenters. The largest absolute Gasteiger partial charge is 0.454 e. The number of benzene rings is 3. The van der Waals surface area contributed by atoms with Crippen LogP contribution in [0.25, 0.3) is 0 Å². The lowest BCUT2D eigenvalue weighted by molar-refractivity contribution is -0.140. The first-order valence-corrected chi connectivity index (χ1v) is 10.6. The van der Waals surface area contributed by atoms with Crippen LogP contribution in [0.2, 0.25) is 0 Å². The van der Waals surface area contributed by atoms with Crippen molar-refractivity contribution in [1.82, 2.24) is 5.32 Å². The van der Waals surface area contributed by atoms with Gasteiger partial charge >= 0.3 is 6.03 Å². The number of nitrogens with one attached hydrogen (secondary N) is 2. The molecule has 2 aliphatic heterocycles. The summed E-state index contributed by atoms with van der Waals surface area (Å²) in [6.45, 7) is 0.267. The van der Waals surface area contributed by atoms with E-state index in [0.29, 0.717) is 27.3 Å². The number of ether oxygens (including phenoxy) is 2. The molecule has 0 saturated carbocycles. The van der Waals surface area contributed by atoms with Crippen molar-refractivity contribution in [1.29, 1.82) is 0 Å². The molecular weight excluding hydrogens is 478 g/mol.